The van der Waals surface area contributed by atoms with Crippen LogP contribution in [0.1, 0.15) is 6.42 Å². The maximum absolute atomic E-state index is 12.0. The van der Waals surface area contributed by atoms with Crippen molar-refractivity contribution < 1.29 is 13.2 Å². The van der Waals surface area contributed by atoms with Crippen molar-refractivity contribution in [2.75, 3.05) is 49.1 Å². The third-order valence-electron chi connectivity index (χ3n) is 4.17. The predicted molar refractivity (Wildman–Crippen MR) is 85.9 cm³/mol. The van der Waals surface area contributed by atoms with Crippen LogP contribution < -0.4 is 10.2 Å². The van der Waals surface area contributed by atoms with Gasteiger partial charge in [0.25, 0.3) is 0 Å². The van der Waals surface area contributed by atoms with Crippen LogP contribution in [0.3, 0.4) is 0 Å². The van der Waals surface area contributed by atoms with Gasteiger partial charge in [0.2, 0.25) is 11.9 Å². The number of anilines is 1. The lowest BCUT2D eigenvalue weighted by Gasteiger charge is -2.34. The van der Waals surface area contributed by atoms with E-state index in [1.165, 1.54) is 0 Å². The van der Waals surface area contributed by atoms with Crippen LogP contribution in [0.4, 0.5) is 5.95 Å². The van der Waals surface area contributed by atoms with Crippen LogP contribution in [0.25, 0.3) is 0 Å². The number of carbonyl (C=O) groups is 1. The van der Waals surface area contributed by atoms with Crippen molar-refractivity contribution in [3.63, 3.8) is 0 Å². The number of hydrogen-bond acceptors (Lipinski definition) is 7. The van der Waals surface area contributed by atoms with Crippen molar-refractivity contribution in [3.05, 3.63) is 18.5 Å². The van der Waals surface area contributed by atoms with Crippen LogP contribution >= 0.6 is 0 Å². The number of nitrogens with zero attached hydrogens (tertiary/aromatic N) is 4. The molecule has 1 atom stereocenters. The summed E-state index contributed by atoms with van der Waals surface area (Å²) < 4.78 is 22.8. The van der Waals surface area contributed by atoms with Gasteiger partial charge in [0, 0.05) is 44.6 Å². The second-order valence-electron chi connectivity index (χ2n) is 5.98. The van der Waals surface area contributed by atoms with E-state index in [0.29, 0.717) is 18.9 Å². The molecule has 0 bridgehead atoms. The Morgan fingerprint density at radius 3 is 2.52 bits per heavy atom. The van der Waals surface area contributed by atoms with Gasteiger partial charge in [-0.05, 0) is 12.5 Å². The number of piperazine rings is 1. The van der Waals surface area contributed by atoms with E-state index in [9.17, 15) is 13.2 Å². The molecule has 1 unspecified atom stereocenters. The molecular weight excluding hydrogens is 318 g/mol. The summed E-state index contributed by atoms with van der Waals surface area (Å²) in [6.45, 7) is 3.37. The van der Waals surface area contributed by atoms with Gasteiger partial charge in [-0.15, -0.1) is 0 Å². The zero-order chi connectivity index (χ0) is 16.3. The molecule has 3 heterocycles. The molecule has 1 aromatic heterocycles. The summed E-state index contributed by atoms with van der Waals surface area (Å²) in [5.74, 6) is 0.857. The summed E-state index contributed by atoms with van der Waals surface area (Å²) in [4.78, 5) is 24.7. The molecule has 2 aliphatic rings. The Balaban J connectivity index is 1.43. The first-order chi connectivity index (χ1) is 11.0. The highest BCUT2D eigenvalue weighted by molar-refractivity contribution is 7.91. The fourth-order valence-electron chi connectivity index (χ4n) is 2.95. The second-order valence-corrected chi connectivity index (χ2v) is 8.21. The summed E-state index contributed by atoms with van der Waals surface area (Å²) in [5.41, 5.74) is 0. The molecule has 0 spiro atoms. The molecule has 2 aliphatic heterocycles. The maximum atomic E-state index is 12.0. The molecule has 0 saturated carbocycles. The van der Waals surface area contributed by atoms with Crippen LogP contribution in [0, 0.1) is 0 Å². The standard InChI is InChI=1S/C14H21N5O3S/c20-13(17-12-2-9-23(21,22)11-12)10-18-5-7-19(8-6-18)14-15-3-1-4-16-14/h1,3-4,12H,2,5-11H2,(H,17,20). The average molecular weight is 339 g/mol. The van der Waals surface area contributed by atoms with E-state index in [1.54, 1.807) is 18.5 Å². The molecule has 1 N–H and O–H groups in total. The third kappa shape index (κ3) is 4.38. The monoisotopic (exact) mass is 339 g/mol. The Bertz CT molecular complexity index is 644. The van der Waals surface area contributed by atoms with Gasteiger partial charge in [0.1, 0.15) is 0 Å². The number of carbonyl (C=O) groups excluding carboxylic acids is 1. The van der Waals surface area contributed by atoms with Gasteiger partial charge in [0.05, 0.1) is 18.1 Å². The van der Waals surface area contributed by atoms with Gasteiger partial charge in [0.15, 0.2) is 9.84 Å². The van der Waals surface area contributed by atoms with Crippen molar-refractivity contribution in [1.29, 1.82) is 0 Å². The highest BCUT2D eigenvalue weighted by Gasteiger charge is 2.29. The van der Waals surface area contributed by atoms with E-state index in [-0.39, 0.29) is 23.5 Å². The zero-order valence-electron chi connectivity index (χ0n) is 12.9. The average Bonchev–Trinajstić information content (AvgIpc) is 2.87. The molecule has 2 fully saturated rings. The molecule has 23 heavy (non-hydrogen) atoms. The summed E-state index contributed by atoms with van der Waals surface area (Å²) >= 11 is 0. The minimum absolute atomic E-state index is 0.0673. The number of sulfone groups is 1. The molecule has 3 rings (SSSR count). The van der Waals surface area contributed by atoms with Crippen molar-refractivity contribution in [3.8, 4) is 0 Å². The molecule has 9 heteroatoms. The molecule has 8 nitrogen and oxygen atoms in total. The Hall–Kier alpha value is -1.74. The third-order valence-corrected chi connectivity index (χ3v) is 5.94. The molecule has 126 valence electrons. The molecule has 0 aliphatic carbocycles. The highest BCUT2D eigenvalue weighted by Crippen LogP contribution is 2.12. The van der Waals surface area contributed by atoms with Gasteiger partial charge >= 0.3 is 0 Å². The molecule has 1 amide bonds. The van der Waals surface area contributed by atoms with E-state index in [1.807, 2.05) is 0 Å². The lowest BCUT2D eigenvalue weighted by molar-refractivity contribution is -0.122. The molecule has 2 saturated heterocycles. The number of aromatic nitrogens is 2. The van der Waals surface area contributed by atoms with Gasteiger partial charge in [-0.2, -0.15) is 0 Å². The zero-order valence-corrected chi connectivity index (χ0v) is 13.7. The van der Waals surface area contributed by atoms with Gasteiger partial charge in [-0.25, -0.2) is 18.4 Å². The summed E-state index contributed by atoms with van der Waals surface area (Å²) in [6, 6.07) is 1.55. The van der Waals surface area contributed by atoms with Crippen molar-refractivity contribution in [2.24, 2.45) is 0 Å². The minimum atomic E-state index is -2.96. The SMILES string of the molecule is O=C(CN1CCN(c2ncccn2)CC1)NC1CCS(=O)(=O)C1. The smallest absolute Gasteiger partial charge is 0.234 e. The van der Waals surface area contributed by atoms with Gasteiger partial charge in [-0.1, -0.05) is 0 Å². The first-order valence-electron chi connectivity index (χ1n) is 7.76. The quantitative estimate of drug-likeness (QED) is 0.744. The van der Waals surface area contributed by atoms with Crippen LogP contribution in [0.5, 0.6) is 0 Å². The highest BCUT2D eigenvalue weighted by atomic mass is 32.2. The lowest BCUT2D eigenvalue weighted by atomic mass is 10.2. The van der Waals surface area contributed by atoms with Crippen molar-refractivity contribution in [2.45, 2.75) is 12.5 Å². The van der Waals surface area contributed by atoms with Gasteiger partial charge in [-0.3, -0.25) is 9.69 Å². The summed E-state index contributed by atoms with van der Waals surface area (Å²) in [6.07, 6.45) is 3.96. The Morgan fingerprint density at radius 2 is 1.91 bits per heavy atom. The molecule has 1 aromatic rings. The number of rotatable bonds is 4. The number of nitrogens with one attached hydrogen (secondary N) is 1. The normalized spacial score (nSPS) is 24.5. The predicted octanol–water partition coefficient (Wildman–Crippen LogP) is -1.10. The molecule has 0 radical (unpaired) electrons. The fourth-order valence-corrected chi connectivity index (χ4v) is 4.62. The fraction of sp³-hybridized carbons (Fsp3) is 0.643. The van der Waals surface area contributed by atoms with E-state index in [0.717, 1.165) is 26.2 Å². The van der Waals surface area contributed by atoms with Crippen LogP contribution in [-0.4, -0.2) is 79.5 Å². The van der Waals surface area contributed by atoms with Crippen LogP contribution in [-0.2, 0) is 14.6 Å². The number of hydrogen-bond donors (Lipinski definition) is 1. The van der Waals surface area contributed by atoms with Crippen molar-refractivity contribution in [1.82, 2.24) is 20.2 Å². The van der Waals surface area contributed by atoms with E-state index < -0.39 is 9.84 Å². The summed E-state index contributed by atoms with van der Waals surface area (Å²) in [7, 11) is -2.96. The summed E-state index contributed by atoms with van der Waals surface area (Å²) in [5, 5.41) is 2.83. The largest absolute Gasteiger partial charge is 0.351 e. The first-order valence-corrected chi connectivity index (χ1v) is 9.58. The molecular formula is C14H21N5O3S. The molecule has 0 aromatic carbocycles. The van der Waals surface area contributed by atoms with Crippen LogP contribution in [0.15, 0.2) is 18.5 Å². The van der Waals surface area contributed by atoms with E-state index in [2.05, 4.69) is 25.1 Å². The maximum Gasteiger partial charge on any atom is 0.234 e. The number of amides is 1. The van der Waals surface area contributed by atoms with E-state index in [4.69, 9.17) is 0 Å². The Kier molecular flexibility index (Phi) is 4.76. The van der Waals surface area contributed by atoms with Crippen LogP contribution in [0.2, 0.25) is 0 Å². The van der Waals surface area contributed by atoms with E-state index >= 15 is 0 Å². The van der Waals surface area contributed by atoms with Gasteiger partial charge < -0.3 is 10.2 Å². The topological polar surface area (TPSA) is 95.5 Å². The Labute approximate surface area is 135 Å². The minimum Gasteiger partial charge on any atom is -0.351 e. The van der Waals surface area contributed by atoms with Crippen molar-refractivity contribution >= 4 is 21.7 Å². The Morgan fingerprint density at radius 1 is 1.22 bits per heavy atom. The lowest BCUT2D eigenvalue weighted by Crippen LogP contribution is -2.51. The second kappa shape index (κ2) is 6.79. The first kappa shape index (κ1) is 16.1.